The second-order valence-electron chi connectivity index (χ2n) is 9.01. The third-order valence-corrected chi connectivity index (χ3v) is 9.53. The summed E-state index contributed by atoms with van der Waals surface area (Å²) in [6.45, 7) is 0. The van der Waals surface area contributed by atoms with E-state index in [9.17, 15) is 8.96 Å². The number of aromatic nitrogens is 3. The molecule has 0 bridgehead atoms. The van der Waals surface area contributed by atoms with Crippen LogP contribution in [0, 0.1) is 5.82 Å². The van der Waals surface area contributed by atoms with E-state index < -0.39 is 7.14 Å². The van der Waals surface area contributed by atoms with Crippen molar-refractivity contribution in [3.63, 3.8) is 0 Å². The van der Waals surface area contributed by atoms with E-state index in [1.54, 1.807) is 12.1 Å². The minimum atomic E-state index is -3.18. The Morgan fingerprint density at radius 3 is 1.38 bits per heavy atom. The van der Waals surface area contributed by atoms with Gasteiger partial charge >= 0.3 is 0 Å². The lowest BCUT2D eigenvalue weighted by atomic mass is 10.1. The maximum atomic E-state index is 14.9. The van der Waals surface area contributed by atoms with Crippen molar-refractivity contribution in [2.45, 2.75) is 0 Å². The van der Waals surface area contributed by atoms with Crippen LogP contribution in [-0.2, 0) is 4.57 Å². The third-order valence-electron chi connectivity index (χ3n) is 6.48. The molecule has 0 unspecified atom stereocenters. The fourth-order valence-corrected chi connectivity index (χ4v) is 7.21. The van der Waals surface area contributed by atoms with Crippen molar-refractivity contribution >= 4 is 23.1 Å². The van der Waals surface area contributed by atoms with Crippen molar-refractivity contribution in [3.05, 3.63) is 145 Å². The van der Waals surface area contributed by atoms with Crippen LogP contribution >= 0.6 is 7.14 Å². The van der Waals surface area contributed by atoms with Gasteiger partial charge < -0.3 is 4.57 Å². The molecule has 0 atom stereocenters. The highest BCUT2D eigenvalue weighted by atomic mass is 31.2. The first-order valence-corrected chi connectivity index (χ1v) is 14.2. The van der Waals surface area contributed by atoms with Crippen molar-refractivity contribution in [3.8, 4) is 34.2 Å². The lowest BCUT2D eigenvalue weighted by molar-refractivity contribution is 0.592. The summed E-state index contributed by atoms with van der Waals surface area (Å²) in [7, 11) is -3.18. The molecule has 0 aliphatic carbocycles. The minimum absolute atomic E-state index is 0.332. The zero-order chi connectivity index (χ0) is 26.7. The second kappa shape index (κ2) is 10.6. The second-order valence-corrected chi connectivity index (χ2v) is 11.8. The summed E-state index contributed by atoms with van der Waals surface area (Å²) in [5.41, 5.74) is 2.22. The number of rotatable bonds is 6. The summed E-state index contributed by atoms with van der Waals surface area (Å²) < 4.78 is 28.6. The Morgan fingerprint density at radius 2 is 0.846 bits per heavy atom. The van der Waals surface area contributed by atoms with Gasteiger partial charge in [-0.1, -0.05) is 109 Å². The molecular formula is C33H23FN3OP. The maximum Gasteiger partial charge on any atom is 0.171 e. The quantitative estimate of drug-likeness (QED) is 0.228. The summed E-state index contributed by atoms with van der Waals surface area (Å²) in [4.78, 5) is 14.3. The van der Waals surface area contributed by atoms with E-state index in [2.05, 4.69) is 0 Å². The molecule has 6 rings (SSSR count). The molecule has 0 radical (unpaired) electrons. The number of halogens is 1. The van der Waals surface area contributed by atoms with Crippen LogP contribution < -0.4 is 15.9 Å². The van der Waals surface area contributed by atoms with Gasteiger partial charge in [0.15, 0.2) is 24.6 Å². The van der Waals surface area contributed by atoms with E-state index in [4.69, 9.17) is 15.0 Å². The zero-order valence-electron chi connectivity index (χ0n) is 20.9. The first-order chi connectivity index (χ1) is 19.1. The largest absolute Gasteiger partial charge is 0.309 e. The number of hydrogen-bond acceptors (Lipinski definition) is 4. The predicted molar refractivity (Wildman–Crippen MR) is 155 cm³/mol. The molecule has 6 aromatic rings. The molecule has 0 N–H and O–H groups in total. The highest BCUT2D eigenvalue weighted by Crippen LogP contribution is 2.42. The lowest BCUT2D eigenvalue weighted by Crippen LogP contribution is -2.25. The summed E-state index contributed by atoms with van der Waals surface area (Å²) in [5, 5.41) is 2.18. The molecule has 4 nitrogen and oxygen atoms in total. The predicted octanol–water partition coefficient (Wildman–Crippen LogP) is 6.65. The minimum Gasteiger partial charge on any atom is -0.309 e. The van der Waals surface area contributed by atoms with Crippen LogP contribution in [0.15, 0.2) is 140 Å². The molecule has 0 aliphatic heterocycles. The number of nitrogens with zero attached hydrogens (tertiary/aromatic N) is 3. The molecule has 5 aromatic carbocycles. The van der Waals surface area contributed by atoms with Gasteiger partial charge in [-0.2, -0.15) is 0 Å². The Morgan fingerprint density at radius 1 is 0.436 bits per heavy atom. The molecule has 0 fully saturated rings. The smallest absolute Gasteiger partial charge is 0.171 e. The van der Waals surface area contributed by atoms with Gasteiger partial charge in [0.2, 0.25) is 0 Å². The van der Waals surface area contributed by atoms with E-state index >= 15 is 0 Å². The topological polar surface area (TPSA) is 55.7 Å². The van der Waals surface area contributed by atoms with Gasteiger partial charge in [-0.05, 0) is 30.3 Å². The molecule has 6 heteroatoms. The Hall–Kier alpha value is -4.73. The molecule has 1 heterocycles. The Kier molecular flexibility index (Phi) is 6.66. The standard InChI is InChI=1S/C33H23FN3OP/c34-27-21-19-25(20-22-27)32-35-31(24-11-4-1-5-12-24)36-33(37-32)26-13-10-18-30(23-26)39(38,28-14-6-2-7-15-28)29-16-8-3-9-17-29/h1-23H. The summed E-state index contributed by atoms with van der Waals surface area (Å²) >= 11 is 0. The summed E-state index contributed by atoms with van der Waals surface area (Å²) in [6, 6.07) is 42.4. The molecular weight excluding hydrogens is 504 g/mol. The molecule has 0 aliphatic rings. The van der Waals surface area contributed by atoms with Gasteiger partial charge in [0.1, 0.15) is 5.82 Å². The molecule has 188 valence electrons. The molecule has 1 aromatic heterocycles. The van der Waals surface area contributed by atoms with Crippen LogP contribution in [0.2, 0.25) is 0 Å². The highest BCUT2D eigenvalue weighted by molar-refractivity contribution is 7.85. The van der Waals surface area contributed by atoms with Crippen LogP contribution in [0.25, 0.3) is 34.2 Å². The monoisotopic (exact) mass is 527 g/mol. The third kappa shape index (κ3) is 4.93. The SMILES string of the molecule is O=P(c1ccccc1)(c1ccccc1)c1cccc(-c2nc(-c3ccccc3)nc(-c3ccc(F)cc3)n2)c1. The van der Waals surface area contributed by atoms with E-state index in [0.29, 0.717) is 33.9 Å². The van der Waals surface area contributed by atoms with Crippen molar-refractivity contribution in [1.82, 2.24) is 15.0 Å². The Labute approximate surface area is 226 Å². The van der Waals surface area contributed by atoms with Crippen LogP contribution in [0.1, 0.15) is 0 Å². The average molecular weight is 528 g/mol. The Balaban J connectivity index is 1.54. The van der Waals surface area contributed by atoms with E-state index in [-0.39, 0.29) is 5.82 Å². The van der Waals surface area contributed by atoms with Gasteiger partial charge in [0.05, 0.1) is 0 Å². The van der Waals surface area contributed by atoms with E-state index in [0.717, 1.165) is 16.2 Å². The van der Waals surface area contributed by atoms with Gasteiger partial charge in [-0.3, -0.25) is 0 Å². The highest BCUT2D eigenvalue weighted by Gasteiger charge is 2.30. The molecule has 39 heavy (non-hydrogen) atoms. The number of benzene rings is 5. The van der Waals surface area contributed by atoms with Gasteiger partial charge in [-0.15, -0.1) is 0 Å². The molecule has 0 amide bonds. The number of hydrogen-bond donors (Lipinski definition) is 0. The van der Waals surface area contributed by atoms with E-state index in [1.807, 2.05) is 115 Å². The van der Waals surface area contributed by atoms with Crippen molar-refractivity contribution in [1.29, 1.82) is 0 Å². The van der Waals surface area contributed by atoms with Crippen LogP contribution in [0.3, 0.4) is 0 Å². The van der Waals surface area contributed by atoms with Gasteiger partial charge in [-0.25, -0.2) is 19.3 Å². The van der Waals surface area contributed by atoms with E-state index in [1.165, 1.54) is 12.1 Å². The lowest BCUT2D eigenvalue weighted by Gasteiger charge is -2.20. The van der Waals surface area contributed by atoms with Crippen LogP contribution in [-0.4, -0.2) is 15.0 Å². The first kappa shape index (κ1) is 24.6. The maximum absolute atomic E-state index is 14.9. The van der Waals surface area contributed by atoms with Crippen molar-refractivity contribution in [2.24, 2.45) is 0 Å². The van der Waals surface area contributed by atoms with Crippen LogP contribution in [0.4, 0.5) is 4.39 Å². The molecule has 0 saturated carbocycles. The Bertz CT molecular complexity index is 1730. The van der Waals surface area contributed by atoms with Gasteiger partial charge in [0, 0.05) is 32.6 Å². The first-order valence-electron chi connectivity index (χ1n) is 12.5. The molecule has 0 spiro atoms. The zero-order valence-corrected chi connectivity index (χ0v) is 21.7. The van der Waals surface area contributed by atoms with Crippen molar-refractivity contribution < 1.29 is 8.96 Å². The summed E-state index contributed by atoms with van der Waals surface area (Å²) in [6.07, 6.45) is 0. The van der Waals surface area contributed by atoms with Gasteiger partial charge in [0.25, 0.3) is 0 Å². The van der Waals surface area contributed by atoms with Crippen LogP contribution in [0.5, 0.6) is 0 Å². The normalized spacial score (nSPS) is 11.3. The summed E-state index contributed by atoms with van der Waals surface area (Å²) in [5.74, 6) is 1.04. The molecule has 0 saturated heterocycles. The fourth-order valence-electron chi connectivity index (χ4n) is 4.51. The fraction of sp³-hybridized carbons (Fsp3) is 0. The average Bonchev–Trinajstić information content (AvgIpc) is 3.02. The van der Waals surface area contributed by atoms with Crippen molar-refractivity contribution in [2.75, 3.05) is 0 Å².